The second-order valence-corrected chi connectivity index (χ2v) is 8.22. The Hall–Kier alpha value is -3.06. The van der Waals surface area contributed by atoms with Crippen molar-refractivity contribution in [2.24, 2.45) is 0 Å². The van der Waals surface area contributed by atoms with Crippen LogP contribution in [0.5, 0.6) is 0 Å². The first-order chi connectivity index (χ1) is 14.9. The molecular formula is C24H26FN3O3. The molecule has 0 unspecified atom stereocenters. The first kappa shape index (κ1) is 21.2. The molecule has 0 atom stereocenters. The quantitative estimate of drug-likeness (QED) is 0.525. The molecule has 2 aromatic rings. The van der Waals surface area contributed by atoms with Gasteiger partial charge in [0.05, 0.1) is 0 Å². The summed E-state index contributed by atoms with van der Waals surface area (Å²) in [5.74, 6) is -0.497. The monoisotopic (exact) mass is 423 g/mol. The SMILES string of the molecule is CN1C(=O)N(c2ccccc2)C2(CCN(CCCC(=O)c3ccc(F)cc3)CC2)C1=O. The third-order valence-electron chi connectivity index (χ3n) is 6.35. The number of nitrogens with zero attached hydrogens (tertiary/aromatic N) is 3. The molecule has 0 N–H and O–H groups in total. The number of rotatable bonds is 6. The molecule has 2 aliphatic rings. The van der Waals surface area contributed by atoms with Gasteiger partial charge in [-0.3, -0.25) is 19.4 Å². The third-order valence-corrected chi connectivity index (χ3v) is 6.35. The van der Waals surface area contributed by atoms with Crippen molar-refractivity contribution in [3.8, 4) is 0 Å². The van der Waals surface area contributed by atoms with Gasteiger partial charge in [0.2, 0.25) is 0 Å². The minimum atomic E-state index is -0.840. The Bertz CT molecular complexity index is 969. The van der Waals surface area contributed by atoms with Crippen LogP contribution in [-0.4, -0.2) is 59.7 Å². The van der Waals surface area contributed by atoms with Crippen molar-refractivity contribution in [2.45, 2.75) is 31.2 Å². The largest absolute Gasteiger partial charge is 0.331 e. The second kappa shape index (κ2) is 8.59. The van der Waals surface area contributed by atoms with E-state index in [9.17, 15) is 18.8 Å². The molecule has 3 amide bonds. The maximum atomic E-state index is 13.0. The lowest BCUT2D eigenvalue weighted by Crippen LogP contribution is -2.57. The Morgan fingerprint density at radius 1 is 1.00 bits per heavy atom. The van der Waals surface area contributed by atoms with E-state index in [-0.39, 0.29) is 23.5 Å². The number of hydrogen-bond donors (Lipinski definition) is 0. The van der Waals surface area contributed by atoms with Crippen molar-refractivity contribution in [3.63, 3.8) is 0 Å². The lowest BCUT2D eigenvalue weighted by Gasteiger charge is -2.42. The van der Waals surface area contributed by atoms with E-state index >= 15 is 0 Å². The zero-order valence-corrected chi connectivity index (χ0v) is 17.6. The van der Waals surface area contributed by atoms with Gasteiger partial charge in [0.15, 0.2) is 5.78 Å². The van der Waals surface area contributed by atoms with Crippen molar-refractivity contribution >= 4 is 23.4 Å². The molecule has 0 aromatic heterocycles. The van der Waals surface area contributed by atoms with E-state index in [1.54, 1.807) is 11.9 Å². The summed E-state index contributed by atoms with van der Waals surface area (Å²) >= 11 is 0. The number of carbonyl (C=O) groups excluding carboxylic acids is 3. The molecule has 2 aromatic carbocycles. The van der Waals surface area contributed by atoms with Crippen LogP contribution in [0.15, 0.2) is 54.6 Å². The number of likely N-dealkylation sites (N-methyl/N-ethyl adjacent to an activating group) is 1. The lowest BCUT2D eigenvalue weighted by atomic mass is 9.85. The van der Waals surface area contributed by atoms with Crippen molar-refractivity contribution in [1.82, 2.24) is 9.80 Å². The summed E-state index contributed by atoms with van der Waals surface area (Å²) in [6.07, 6.45) is 2.20. The van der Waals surface area contributed by atoms with Gasteiger partial charge in [0.1, 0.15) is 11.4 Å². The van der Waals surface area contributed by atoms with Crippen LogP contribution in [0.3, 0.4) is 0 Å². The topological polar surface area (TPSA) is 60.9 Å². The van der Waals surface area contributed by atoms with Crippen LogP contribution < -0.4 is 4.90 Å². The van der Waals surface area contributed by atoms with Gasteiger partial charge in [0, 0.05) is 37.8 Å². The van der Waals surface area contributed by atoms with E-state index < -0.39 is 5.54 Å². The molecule has 162 valence electrons. The number of urea groups is 1. The first-order valence-electron chi connectivity index (χ1n) is 10.6. The fraction of sp³-hybridized carbons (Fsp3) is 0.375. The van der Waals surface area contributed by atoms with Gasteiger partial charge in [-0.2, -0.15) is 0 Å². The van der Waals surface area contributed by atoms with Crippen molar-refractivity contribution in [3.05, 3.63) is 66.0 Å². The van der Waals surface area contributed by atoms with Crippen LogP contribution in [-0.2, 0) is 4.79 Å². The van der Waals surface area contributed by atoms with E-state index in [2.05, 4.69) is 4.90 Å². The average molecular weight is 423 g/mol. The number of imide groups is 1. The van der Waals surface area contributed by atoms with Crippen LogP contribution in [0.4, 0.5) is 14.9 Å². The highest BCUT2D eigenvalue weighted by Crippen LogP contribution is 2.40. The third kappa shape index (κ3) is 3.97. The number of hydrogen-bond acceptors (Lipinski definition) is 4. The first-order valence-corrected chi connectivity index (χ1v) is 10.6. The Labute approximate surface area is 181 Å². The molecule has 0 aliphatic carbocycles. The van der Waals surface area contributed by atoms with Crippen LogP contribution in [0, 0.1) is 5.82 Å². The second-order valence-electron chi connectivity index (χ2n) is 8.22. The average Bonchev–Trinajstić information content (AvgIpc) is 2.97. The summed E-state index contributed by atoms with van der Waals surface area (Å²) < 4.78 is 13.0. The van der Waals surface area contributed by atoms with Gasteiger partial charge in [-0.15, -0.1) is 0 Å². The Kier molecular flexibility index (Phi) is 5.87. The van der Waals surface area contributed by atoms with Crippen molar-refractivity contribution < 1.29 is 18.8 Å². The van der Waals surface area contributed by atoms with Crippen LogP contribution >= 0.6 is 0 Å². The molecule has 7 heteroatoms. The van der Waals surface area contributed by atoms with E-state index in [0.29, 0.717) is 44.3 Å². The lowest BCUT2D eigenvalue weighted by molar-refractivity contribution is -0.131. The Morgan fingerprint density at radius 3 is 2.29 bits per heavy atom. The minimum absolute atomic E-state index is 0.00178. The standard InChI is InChI=1S/C24H26FN3O3/c1-26-22(30)24(28(23(26)31)20-6-3-2-4-7-20)13-16-27(17-14-24)15-5-8-21(29)18-9-11-19(25)12-10-18/h2-4,6-7,9-12H,5,8,13-17H2,1H3. The van der Waals surface area contributed by atoms with Crippen molar-refractivity contribution in [1.29, 1.82) is 0 Å². The number of carbonyl (C=O) groups is 3. The number of para-hydroxylation sites is 1. The molecular weight excluding hydrogens is 397 g/mol. The molecule has 0 saturated carbocycles. The Morgan fingerprint density at radius 2 is 1.65 bits per heavy atom. The molecule has 6 nitrogen and oxygen atoms in total. The summed E-state index contributed by atoms with van der Waals surface area (Å²) in [6.45, 7) is 2.11. The van der Waals surface area contributed by atoms with E-state index in [0.717, 1.165) is 12.2 Å². The normalized spacial score (nSPS) is 18.8. The number of benzene rings is 2. The highest BCUT2D eigenvalue weighted by molar-refractivity contribution is 6.16. The van der Waals surface area contributed by atoms with Gasteiger partial charge in [0.25, 0.3) is 5.91 Å². The van der Waals surface area contributed by atoms with E-state index in [1.165, 1.54) is 29.2 Å². The number of likely N-dealkylation sites (tertiary alicyclic amines) is 1. The van der Waals surface area contributed by atoms with E-state index in [1.807, 2.05) is 30.3 Å². The zero-order valence-electron chi connectivity index (χ0n) is 17.6. The highest BCUT2D eigenvalue weighted by Gasteiger charge is 2.57. The van der Waals surface area contributed by atoms with Crippen LogP contribution in [0.1, 0.15) is 36.0 Å². The van der Waals surface area contributed by atoms with Gasteiger partial charge in [-0.25, -0.2) is 9.18 Å². The summed E-state index contributed by atoms with van der Waals surface area (Å²) in [6, 6.07) is 14.7. The zero-order chi connectivity index (χ0) is 22.0. The summed E-state index contributed by atoms with van der Waals surface area (Å²) in [5, 5.41) is 0. The molecule has 31 heavy (non-hydrogen) atoms. The highest BCUT2D eigenvalue weighted by atomic mass is 19.1. The summed E-state index contributed by atoms with van der Waals surface area (Å²) in [7, 11) is 1.54. The predicted octanol–water partition coefficient (Wildman–Crippen LogP) is 3.72. The number of amides is 3. The molecule has 0 radical (unpaired) electrons. The van der Waals surface area contributed by atoms with Crippen molar-refractivity contribution in [2.75, 3.05) is 31.6 Å². The molecule has 2 aliphatic heterocycles. The van der Waals surface area contributed by atoms with E-state index in [4.69, 9.17) is 0 Å². The molecule has 0 bridgehead atoms. The van der Waals surface area contributed by atoms with Crippen LogP contribution in [0.25, 0.3) is 0 Å². The maximum Gasteiger partial charge on any atom is 0.331 e. The van der Waals surface area contributed by atoms with Gasteiger partial charge in [-0.05, 0) is 62.2 Å². The number of ketones is 1. The molecule has 1 spiro atoms. The smallest absolute Gasteiger partial charge is 0.303 e. The number of anilines is 1. The van der Waals surface area contributed by atoms with Gasteiger partial charge < -0.3 is 4.90 Å². The molecule has 2 heterocycles. The fourth-order valence-electron chi connectivity index (χ4n) is 4.59. The van der Waals surface area contributed by atoms with Crippen LogP contribution in [0.2, 0.25) is 0 Å². The number of Topliss-reactive ketones (excluding diaryl/α,β-unsaturated/α-hetero) is 1. The fourth-order valence-corrected chi connectivity index (χ4v) is 4.59. The van der Waals surface area contributed by atoms with Gasteiger partial charge in [-0.1, -0.05) is 18.2 Å². The maximum absolute atomic E-state index is 13.0. The number of piperidine rings is 1. The predicted molar refractivity (Wildman–Crippen MR) is 115 cm³/mol. The summed E-state index contributed by atoms with van der Waals surface area (Å²) in [4.78, 5) is 43.3. The minimum Gasteiger partial charge on any atom is -0.303 e. The molecule has 2 saturated heterocycles. The molecule has 2 fully saturated rings. The summed E-state index contributed by atoms with van der Waals surface area (Å²) in [5.41, 5.74) is 0.423. The van der Waals surface area contributed by atoms with Gasteiger partial charge >= 0.3 is 6.03 Å². The Balaban J connectivity index is 1.36. The number of halogens is 1. The molecule has 4 rings (SSSR count).